The molecule has 0 saturated carbocycles. The predicted molar refractivity (Wildman–Crippen MR) is 154 cm³/mol. The number of aliphatic carboxylic acids is 2. The Kier molecular flexibility index (Phi) is 13.1. The van der Waals surface area contributed by atoms with Crippen molar-refractivity contribution in [2.45, 2.75) is 19.5 Å². The lowest BCUT2D eigenvalue weighted by Crippen LogP contribution is -2.25. The van der Waals surface area contributed by atoms with E-state index in [4.69, 9.17) is 30.2 Å². The lowest BCUT2D eigenvalue weighted by atomic mass is 10.2. The number of carbonyl (C=O) groups is 3. The molecule has 41 heavy (non-hydrogen) atoms. The summed E-state index contributed by atoms with van der Waals surface area (Å²) in [6, 6.07) is 13.1. The van der Waals surface area contributed by atoms with Crippen molar-refractivity contribution in [2.75, 3.05) is 26.6 Å². The monoisotopic (exact) mass is 585 g/mol. The molecule has 218 valence electrons. The Hall–Kier alpha value is -5.11. The highest BCUT2D eigenvalue weighted by Gasteiger charge is 2.11. The van der Waals surface area contributed by atoms with Crippen molar-refractivity contribution in [1.29, 1.82) is 0 Å². The molecule has 3 aromatic rings. The Balaban J connectivity index is 0.000000642. The van der Waals surface area contributed by atoms with Crippen molar-refractivity contribution < 1.29 is 38.8 Å². The lowest BCUT2D eigenvalue weighted by Gasteiger charge is -2.11. The number of para-hydroxylation sites is 1. The molecule has 0 atom stereocenters. The smallest absolute Gasteiger partial charge is 0.328 e. The van der Waals surface area contributed by atoms with Crippen LogP contribution in [0.1, 0.15) is 16.8 Å². The minimum atomic E-state index is -1.26. The van der Waals surface area contributed by atoms with Gasteiger partial charge in [-0.05, 0) is 18.2 Å². The SMILES string of the molecule is COc1ccccc1CNC(=O)Cc1csc(NC(N)=NCc2c(OC)cccc2OC)n1.O=C(O)C=CC(=O)O. The number of amides is 1. The Morgan fingerprint density at radius 2 is 1.54 bits per heavy atom. The number of aliphatic imine (C=N–C) groups is 1. The van der Waals surface area contributed by atoms with Crippen LogP contribution in [-0.4, -0.2) is 60.3 Å². The Morgan fingerprint density at radius 3 is 2.12 bits per heavy atom. The molecular formula is C27H31N5O8S. The van der Waals surface area contributed by atoms with Gasteiger partial charge < -0.3 is 40.8 Å². The zero-order valence-electron chi connectivity index (χ0n) is 22.6. The highest BCUT2D eigenvalue weighted by molar-refractivity contribution is 7.13. The third kappa shape index (κ3) is 11.3. The van der Waals surface area contributed by atoms with E-state index in [0.717, 1.165) is 16.9 Å². The Labute approximate surface area is 240 Å². The maximum absolute atomic E-state index is 12.3. The molecule has 0 aliphatic carbocycles. The predicted octanol–water partition coefficient (Wildman–Crippen LogP) is 2.67. The van der Waals surface area contributed by atoms with Crippen LogP contribution in [0.2, 0.25) is 0 Å². The van der Waals surface area contributed by atoms with Crippen molar-refractivity contribution in [3.05, 3.63) is 76.8 Å². The lowest BCUT2D eigenvalue weighted by molar-refractivity contribution is -0.134. The number of carboxylic acids is 2. The summed E-state index contributed by atoms with van der Waals surface area (Å²) in [4.78, 5) is 40.2. The molecule has 6 N–H and O–H groups in total. The molecule has 3 rings (SSSR count). The van der Waals surface area contributed by atoms with Crippen LogP contribution in [0.5, 0.6) is 17.2 Å². The topological polar surface area (TPSA) is 195 Å². The summed E-state index contributed by atoms with van der Waals surface area (Å²) in [6.45, 7) is 0.652. The van der Waals surface area contributed by atoms with Gasteiger partial charge in [0.05, 0.1) is 45.6 Å². The number of benzene rings is 2. The third-order valence-corrected chi connectivity index (χ3v) is 5.91. The number of nitrogens with zero attached hydrogens (tertiary/aromatic N) is 2. The van der Waals surface area contributed by atoms with Crippen LogP contribution >= 0.6 is 11.3 Å². The van der Waals surface area contributed by atoms with Crippen LogP contribution in [-0.2, 0) is 33.9 Å². The number of guanidine groups is 1. The molecule has 0 saturated heterocycles. The quantitative estimate of drug-likeness (QED) is 0.119. The molecule has 0 fully saturated rings. The zero-order valence-corrected chi connectivity index (χ0v) is 23.4. The number of carboxylic acid groups (broad SMARTS) is 2. The van der Waals surface area contributed by atoms with E-state index in [0.29, 0.717) is 41.0 Å². The number of methoxy groups -OCH3 is 3. The summed E-state index contributed by atoms with van der Waals surface area (Å²) in [6.07, 6.45) is 1.27. The van der Waals surface area contributed by atoms with Gasteiger partial charge in [-0.25, -0.2) is 19.6 Å². The number of carbonyl (C=O) groups excluding carboxylic acids is 1. The van der Waals surface area contributed by atoms with E-state index >= 15 is 0 Å². The number of ether oxygens (including phenoxy) is 3. The summed E-state index contributed by atoms with van der Waals surface area (Å²) in [7, 11) is 4.78. The van der Waals surface area contributed by atoms with Crippen LogP contribution in [0.25, 0.3) is 0 Å². The van der Waals surface area contributed by atoms with Gasteiger partial charge in [0, 0.05) is 29.6 Å². The molecule has 0 aliphatic rings. The van der Waals surface area contributed by atoms with E-state index in [2.05, 4.69) is 20.6 Å². The fraction of sp³-hybridized carbons (Fsp3) is 0.222. The number of hydrogen-bond acceptors (Lipinski definition) is 9. The maximum Gasteiger partial charge on any atom is 0.328 e. The Bertz CT molecular complexity index is 1350. The summed E-state index contributed by atoms with van der Waals surface area (Å²) < 4.78 is 16.1. The molecular weight excluding hydrogens is 554 g/mol. The van der Waals surface area contributed by atoms with E-state index in [-0.39, 0.29) is 24.8 Å². The second kappa shape index (κ2) is 16.8. The van der Waals surface area contributed by atoms with E-state index in [1.807, 2.05) is 47.8 Å². The molecule has 0 aliphatic heterocycles. The molecule has 0 bridgehead atoms. The summed E-state index contributed by atoms with van der Waals surface area (Å²) in [5.74, 6) is -0.381. The average Bonchev–Trinajstić information content (AvgIpc) is 3.40. The van der Waals surface area contributed by atoms with Crippen molar-refractivity contribution in [1.82, 2.24) is 10.3 Å². The van der Waals surface area contributed by atoms with Crippen LogP contribution in [0.4, 0.5) is 5.13 Å². The number of thiazole rings is 1. The minimum absolute atomic E-state index is 0.136. The van der Waals surface area contributed by atoms with Crippen molar-refractivity contribution in [2.24, 2.45) is 10.7 Å². The fourth-order valence-electron chi connectivity index (χ4n) is 3.26. The van der Waals surface area contributed by atoms with Gasteiger partial charge in [-0.15, -0.1) is 11.3 Å². The van der Waals surface area contributed by atoms with Crippen molar-refractivity contribution >= 4 is 40.3 Å². The number of aromatic nitrogens is 1. The van der Waals surface area contributed by atoms with Crippen LogP contribution in [0.3, 0.4) is 0 Å². The highest BCUT2D eigenvalue weighted by atomic mass is 32.1. The number of nitrogens with two attached hydrogens (primary N) is 1. The van der Waals surface area contributed by atoms with Crippen LogP contribution in [0.15, 0.2) is 65.0 Å². The number of hydrogen-bond donors (Lipinski definition) is 5. The maximum atomic E-state index is 12.3. The molecule has 0 radical (unpaired) electrons. The van der Waals surface area contributed by atoms with E-state index in [1.54, 1.807) is 21.3 Å². The van der Waals surface area contributed by atoms with Gasteiger partial charge in [0.15, 0.2) is 11.1 Å². The van der Waals surface area contributed by atoms with Crippen LogP contribution in [0, 0.1) is 0 Å². The van der Waals surface area contributed by atoms with Crippen LogP contribution < -0.4 is 30.6 Å². The third-order valence-electron chi connectivity index (χ3n) is 5.10. The van der Waals surface area contributed by atoms with Gasteiger partial charge in [-0.1, -0.05) is 24.3 Å². The second-order valence-corrected chi connectivity index (χ2v) is 8.74. The van der Waals surface area contributed by atoms with Gasteiger partial charge >= 0.3 is 11.9 Å². The summed E-state index contributed by atoms with van der Waals surface area (Å²) >= 11 is 1.34. The van der Waals surface area contributed by atoms with Crippen molar-refractivity contribution in [3.8, 4) is 17.2 Å². The molecule has 1 heterocycles. The number of nitrogens with one attached hydrogen (secondary N) is 2. The molecule has 2 aromatic carbocycles. The summed E-state index contributed by atoms with van der Waals surface area (Å²) in [5, 5.41) is 23.8. The van der Waals surface area contributed by atoms with Gasteiger partial charge in [-0.2, -0.15) is 0 Å². The number of rotatable bonds is 12. The van der Waals surface area contributed by atoms with Gasteiger partial charge in [-0.3, -0.25) is 4.79 Å². The molecule has 0 spiro atoms. The molecule has 0 unspecified atom stereocenters. The first-order valence-corrected chi connectivity index (χ1v) is 12.8. The van der Waals surface area contributed by atoms with E-state index in [1.165, 1.54) is 11.3 Å². The van der Waals surface area contributed by atoms with Gasteiger partial charge in [0.1, 0.15) is 17.2 Å². The first-order valence-electron chi connectivity index (χ1n) is 11.9. The van der Waals surface area contributed by atoms with Crippen molar-refractivity contribution in [3.63, 3.8) is 0 Å². The summed E-state index contributed by atoms with van der Waals surface area (Å²) in [5.41, 5.74) is 8.36. The molecule has 1 amide bonds. The molecule has 14 heteroatoms. The van der Waals surface area contributed by atoms with E-state index in [9.17, 15) is 14.4 Å². The van der Waals surface area contributed by atoms with Gasteiger partial charge in [0.2, 0.25) is 5.91 Å². The van der Waals surface area contributed by atoms with Gasteiger partial charge in [0.25, 0.3) is 0 Å². The Morgan fingerprint density at radius 1 is 0.951 bits per heavy atom. The normalized spacial score (nSPS) is 10.8. The number of anilines is 1. The highest BCUT2D eigenvalue weighted by Crippen LogP contribution is 2.29. The zero-order chi connectivity index (χ0) is 30.2. The molecule has 13 nitrogen and oxygen atoms in total. The fourth-order valence-corrected chi connectivity index (χ4v) is 3.97. The average molecular weight is 586 g/mol. The minimum Gasteiger partial charge on any atom is -0.496 e. The first-order chi connectivity index (χ1) is 19.7. The standard InChI is InChI=1S/C23H27N5O4S.C4H4O4/c1-30-18-8-5-4-7-15(18)12-25-21(29)11-16-14-33-23(27-16)28-22(24)26-13-17-19(31-2)9-6-10-20(17)32-3;5-3(6)1-2-4(7)8/h4-10,14H,11-13H2,1-3H3,(H,25,29)(H3,24,26,27,28);1-2H,(H,5,6)(H,7,8). The first kappa shape index (κ1) is 32.1. The second-order valence-electron chi connectivity index (χ2n) is 7.89. The largest absolute Gasteiger partial charge is 0.496 e. The molecule has 1 aromatic heterocycles. The van der Waals surface area contributed by atoms with E-state index < -0.39 is 11.9 Å².